The van der Waals surface area contributed by atoms with Crippen LogP contribution in [0.2, 0.25) is 0 Å². The van der Waals surface area contributed by atoms with Gasteiger partial charge < -0.3 is 18.9 Å². The molecular formula is C32H24FNO6. The predicted octanol–water partition coefficient (Wildman–Crippen LogP) is 5.70. The van der Waals surface area contributed by atoms with Crippen LogP contribution in [0.25, 0.3) is 0 Å². The van der Waals surface area contributed by atoms with Crippen LogP contribution >= 0.6 is 0 Å². The second kappa shape index (κ2) is 12.1. The van der Waals surface area contributed by atoms with Gasteiger partial charge in [-0.05, 0) is 41.0 Å². The highest BCUT2D eigenvalue weighted by Gasteiger charge is 2.27. The molecule has 8 heteroatoms. The van der Waals surface area contributed by atoms with Gasteiger partial charge >= 0.3 is 0 Å². The monoisotopic (exact) mass is 537 g/mol. The third-order valence-electron chi connectivity index (χ3n) is 6.03. The fourth-order valence-electron chi connectivity index (χ4n) is 3.99. The zero-order valence-corrected chi connectivity index (χ0v) is 21.3. The summed E-state index contributed by atoms with van der Waals surface area (Å²) in [4.78, 5) is 39.5. The number of ketones is 1. The molecule has 2 heterocycles. The number of benzene rings is 3. The van der Waals surface area contributed by atoms with Crippen LogP contribution in [0, 0.1) is 5.82 Å². The van der Waals surface area contributed by atoms with Crippen molar-refractivity contribution in [1.82, 2.24) is 5.32 Å². The van der Waals surface area contributed by atoms with E-state index in [1.807, 2.05) is 60.7 Å². The van der Waals surface area contributed by atoms with Crippen molar-refractivity contribution in [2.24, 2.45) is 0 Å². The highest BCUT2D eigenvalue weighted by atomic mass is 19.1. The first-order chi connectivity index (χ1) is 19.5. The van der Waals surface area contributed by atoms with E-state index in [0.29, 0.717) is 12.2 Å². The number of hydrogen-bond acceptors (Lipinski definition) is 6. The van der Waals surface area contributed by atoms with Crippen LogP contribution in [0.15, 0.2) is 117 Å². The number of carbonyl (C=O) groups is 2. The van der Waals surface area contributed by atoms with Gasteiger partial charge in [-0.25, -0.2) is 4.39 Å². The van der Waals surface area contributed by atoms with E-state index in [1.165, 1.54) is 18.2 Å². The zero-order valence-electron chi connectivity index (χ0n) is 21.3. The van der Waals surface area contributed by atoms with E-state index in [1.54, 1.807) is 18.2 Å². The standard InChI is InChI=1S/C32H24FNO6/c33-24-13-11-21(12-14-24)17-25-15-16-27(39-25)29(36)31-30(38-20-23-9-5-2-6-10-23)26(35)18-28(40-31)32(37)34-19-22-7-3-1-4-8-22/h1-16,18H,17,19-20H2,(H,34,37). The van der Waals surface area contributed by atoms with E-state index in [4.69, 9.17) is 13.6 Å². The second-order valence-corrected chi connectivity index (χ2v) is 8.97. The van der Waals surface area contributed by atoms with Gasteiger partial charge in [0, 0.05) is 19.0 Å². The molecule has 2 aromatic heterocycles. The summed E-state index contributed by atoms with van der Waals surface area (Å²) in [6, 6.07) is 28.3. The normalized spacial score (nSPS) is 10.7. The van der Waals surface area contributed by atoms with Crippen molar-refractivity contribution in [1.29, 1.82) is 0 Å². The van der Waals surface area contributed by atoms with Gasteiger partial charge in [0.25, 0.3) is 11.7 Å². The van der Waals surface area contributed by atoms with Gasteiger partial charge in [0.2, 0.25) is 16.9 Å². The molecule has 0 aliphatic heterocycles. The molecule has 0 unspecified atom stereocenters. The molecule has 1 N–H and O–H groups in total. The SMILES string of the molecule is O=C(NCc1ccccc1)c1cc(=O)c(OCc2ccccc2)c(C(=O)c2ccc(Cc3ccc(F)cc3)o2)o1. The summed E-state index contributed by atoms with van der Waals surface area (Å²) in [6.07, 6.45) is 0.316. The molecule has 1 amide bonds. The van der Waals surface area contributed by atoms with Crippen LogP contribution in [0.4, 0.5) is 4.39 Å². The fraction of sp³-hybridized carbons (Fsp3) is 0.0938. The van der Waals surface area contributed by atoms with Crippen LogP contribution in [-0.4, -0.2) is 11.7 Å². The van der Waals surface area contributed by atoms with E-state index in [9.17, 15) is 18.8 Å². The van der Waals surface area contributed by atoms with E-state index in [0.717, 1.165) is 22.8 Å². The molecule has 200 valence electrons. The molecule has 3 aromatic carbocycles. The molecule has 7 nitrogen and oxygen atoms in total. The largest absolute Gasteiger partial charge is 0.481 e. The van der Waals surface area contributed by atoms with Crippen LogP contribution in [0.1, 0.15) is 49.3 Å². The number of furan rings is 1. The Morgan fingerprint density at radius 3 is 2.12 bits per heavy atom. The number of carbonyl (C=O) groups excluding carboxylic acids is 2. The maximum Gasteiger partial charge on any atom is 0.287 e. The lowest BCUT2D eigenvalue weighted by molar-refractivity contribution is 0.0904. The first-order valence-electron chi connectivity index (χ1n) is 12.5. The minimum Gasteiger partial charge on any atom is -0.481 e. The Kier molecular flexibility index (Phi) is 7.97. The highest BCUT2D eigenvalue weighted by molar-refractivity contribution is 6.07. The van der Waals surface area contributed by atoms with Crippen molar-refractivity contribution < 1.29 is 27.6 Å². The Balaban J connectivity index is 1.43. The molecule has 0 atom stereocenters. The van der Waals surface area contributed by atoms with Crippen molar-refractivity contribution in [3.8, 4) is 5.75 Å². The average molecular weight is 538 g/mol. The Morgan fingerprint density at radius 1 is 0.750 bits per heavy atom. The van der Waals surface area contributed by atoms with Gasteiger partial charge in [0.1, 0.15) is 18.2 Å². The summed E-state index contributed by atoms with van der Waals surface area (Å²) in [6.45, 7) is 0.198. The molecule has 0 fully saturated rings. The Bertz CT molecular complexity index is 1670. The lowest BCUT2D eigenvalue weighted by atomic mass is 10.1. The molecular weight excluding hydrogens is 513 g/mol. The molecule has 40 heavy (non-hydrogen) atoms. The quantitative estimate of drug-likeness (QED) is 0.230. The lowest BCUT2D eigenvalue weighted by Gasteiger charge is -2.11. The van der Waals surface area contributed by atoms with Gasteiger partial charge in [0.15, 0.2) is 11.5 Å². The number of halogens is 1. The van der Waals surface area contributed by atoms with Gasteiger partial charge in [-0.2, -0.15) is 0 Å². The van der Waals surface area contributed by atoms with Gasteiger partial charge in [-0.15, -0.1) is 0 Å². The molecule has 0 saturated carbocycles. The van der Waals surface area contributed by atoms with Crippen LogP contribution in [0.3, 0.4) is 0 Å². The number of ether oxygens (including phenoxy) is 1. The molecule has 0 aliphatic rings. The van der Waals surface area contributed by atoms with Gasteiger partial charge in [0.05, 0.1) is 0 Å². The molecule has 0 aliphatic carbocycles. The minimum atomic E-state index is -0.761. The fourth-order valence-corrected chi connectivity index (χ4v) is 3.99. The molecule has 0 bridgehead atoms. The third-order valence-corrected chi connectivity index (χ3v) is 6.03. The number of amides is 1. The van der Waals surface area contributed by atoms with E-state index >= 15 is 0 Å². The van der Waals surface area contributed by atoms with Crippen LogP contribution in [-0.2, 0) is 19.6 Å². The van der Waals surface area contributed by atoms with E-state index < -0.39 is 22.9 Å². The van der Waals surface area contributed by atoms with Crippen LogP contribution < -0.4 is 15.5 Å². The smallest absolute Gasteiger partial charge is 0.287 e. The first-order valence-corrected chi connectivity index (χ1v) is 12.5. The first kappa shape index (κ1) is 26.4. The number of hydrogen-bond donors (Lipinski definition) is 1. The Morgan fingerprint density at radius 2 is 1.43 bits per heavy atom. The molecule has 5 aromatic rings. The summed E-state index contributed by atoms with van der Waals surface area (Å²) in [5, 5.41) is 2.69. The summed E-state index contributed by atoms with van der Waals surface area (Å²) in [5.74, 6) is -2.56. The molecule has 0 saturated heterocycles. The topological polar surface area (TPSA) is 98.8 Å². The summed E-state index contributed by atoms with van der Waals surface area (Å²) in [7, 11) is 0. The van der Waals surface area contributed by atoms with Crippen molar-refractivity contribution in [2.75, 3.05) is 0 Å². The summed E-state index contributed by atoms with van der Waals surface area (Å²) in [5.41, 5.74) is 1.71. The van der Waals surface area contributed by atoms with Crippen molar-refractivity contribution in [2.45, 2.75) is 19.6 Å². The van der Waals surface area contributed by atoms with E-state index in [2.05, 4.69) is 5.32 Å². The molecule has 5 rings (SSSR count). The van der Waals surface area contributed by atoms with Crippen molar-refractivity contribution >= 4 is 11.7 Å². The van der Waals surface area contributed by atoms with Gasteiger partial charge in [-0.1, -0.05) is 72.8 Å². The Hall–Kier alpha value is -5.24. The maximum absolute atomic E-state index is 13.5. The Labute approximate surface area is 228 Å². The van der Waals surface area contributed by atoms with Gasteiger partial charge in [-0.3, -0.25) is 14.4 Å². The number of nitrogens with one attached hydrogen (secondary N) is 1. The second-order valence-electron chi connectivity index (χ2n) is 8.97. The lowest BCUT2D eigenvalue weighted by Crippen LogP contribution is -2.25. The average Bonchev–Trinajstić information content (AvgIpc) is 3.45. The third kappa shape index (κ3) is 6.42. The van der Waals surface area contributed by atoms with E-state index in [-0.39, 0.29) is 36.2 Å². The number of rotatable bonds is 10. The molecule has 0 spiro atoms. The van der Waals surface area contributed by atoms with Crippen molar-refractivity contribution in [3.05, 3.63) is 159 Å². The van der Waals surface area contributed by atoms with Crippen LogP contribution in [0.5, 0.6) is 5.75 Å². The zero-order chi connectivity index (χ0) is 27.9. The predicted molar refractivity (Wildman–Crippen MR) is 145 cm³/mol. The highest BCUT2D eigenvalue weighted by Crippen LogP contribution is 2.23. The minimum absolute atomic E-state index is 0.000593. The summed E-state index contributed by atoms with van der Waals surface area (Å²) >= 11 is 0. The van der Waals surface area contributed by atoms with Crippen molar-refractivity contribution in [3.63, 3.8) is 0 Å². The molecule has 0 radical (unpaired) electrons. The summed E-state index contributed by atoms with van der Waals surface area (Å²) < 4.78 is 30.4. The maximum atomic E-state index is 13.5.